The van der Waals surface area contributed by atoms with E-state index in [-0.39, 0.29) is 11.4 Å². The lowest BCUT2D eigenvalue weighted by atomic mass is 9.87. The molecule has 122 valence electrons. The smallest absolute Gasteiger partial charge is 0.180 e. The SMILES string of the molecule is CC(C)(C)C(=O)C(C#N)=CNc1ccc(Oc2ccccc2)cc1. The molecule has 0 aliphatic rings. The van der Waals surface area contributed by atoms with Crippen molar-refractivity contribution in [1.82, 2.24) is 0 Å². The Bertz CT molecular complexity index is 764. The zero-order chi connectivity index (χ0) is 17.6. The summed E-state index contributed by atoms with van der Waals surface area (Å²) in [4.78, 5) is 12.1. The number of allylic oxidation sites excluding steroid dienone is 1. The second kappa shape index (κ2) is 7.47. The van der Waals surface area contributed by atoms with Crippen LogP contribution in [0.25, 0.3) is 0 Å². The van der Waals surface area contributed by atoms with E-state index in [2.05, 4.69) is 5.32 Å². The molecule has 2 aromatic carbocycles. The molecule has 0 aliphatic heterocycles. The van der Waals surface area contributed by atoms with Gasteiger partial charge in [-0.25, -0.2) is 0 Å². The van der Waals surface area contributed by atoms with E-state index in [0.29, 0.717) is 5.75 Å². The highest BCUT2D eigenvalue weighted by Gasteiger charge is 2.24. The summed E-state index contributed by atoms with van der Waals surface area (Å²) in [6.07, 6.45) is 1.45. The predicted octanol–water partition coefficient (Wildman–Crippen LogP) is 4.91. The number of carbonyl (C=O) groups excluding carboxylic acids is 1. The quantitative estimate of drug-likeness (QED) is 0.628. The number of hydrogen-bond acceptors (Lipinski definition) is 4. The van der Waals surface area contributed by atoms with Gasteiger partial charge in [0, 0.05) is 17.3 Å². The van der Waals surface area contributed by atoms with Crippen molar-refractivity contribution in [2.45, 2.75) is 20.8 Å². The molecule has 0 spiro atoms. The van der Waals surface area contributed by atoms with Gasteiger partial charge in [-0.3, -0.25) is 4.79 Å². The summed E-state index contributed by atoms with van der Waals surface area (Å²) in [5, 5.41) is 12.1. The van der Waals surface area contributed by atoms with Gasteiger partial charge in [-0.2, -0.15) is 5.26 Å². The van der Waals surface area contributed by atoms with E-state index in [1.807, 2.05) is 60.7 Å². The van der Waals surface area contributed by atoms with Crippen LogP contribution >= 0.6 is 0 Å². The molecule has 0 aliphatic carbocycles. The normalized spacial score (nSPS) is 11.5. The molecule has 0 saturated carbocycles. The van der Waals surface area contributed by atoms with Crippen molar-refractivity contribution in [2.75, 3.05) is 5.32 Å². The largest absolute Gasteiger partial charge is 0.457 e. The van der Waals surface area contributed by atoms with Crippen LogP contribution in [0.3, 0.4) is 0 Å². The number of anilines is 1. The fraction of sp³-hybridized carbons (Fsp3) is 0.200. The zero-order valence-electron chi connectivity index (χ0n) is 14.0. The van der Waals surface area contributed by atoms with Gasteiger partial charge >= 0.3 is 0 Å². The van der Waals surface area contributed by atoms with Crippen molar-refractivity contribution in [2.24, 2.45) is 5.41 Å². The summed E-state index contributed by atoms with van der Waals surface area (Å²) in [6, 6.07) is 18.7. The van der Waals surface area contributed by atoms with Crippen molar-refractivity contribution >= 4 is 11.5 Å². The third kappa shape index (κ3) is 4.72. The maximum absolute atomic E-state index is 12.1. The number of nitrogens with zero attached hydrogens (tertiary/aromatic N) is 1. The molecular weight excluding hydrogens is 300 g/mol. The number of hydrogen-bond donors (Lipinski definition) is 1. The average Bonchev–Trinajstić information content (AvgIpc) is 2.57. The topological polar surface area (TPSA) is 62.1 Å². The first-order valence-corrected chi connectivity index (χ1v) is 7.65. The van der Waals surface area contributed by atoms with Crippen molar-refractivity contribution in [3.8, 4) is 17.6 Å². The number of ether oxygens (including phenoxy) is 1. The van der Waals surface area contributed by atoms with Gasteiger partial charge in [-0.1, -0.05) is 39.0 Å². The molecule has 4 heteroatoms. The van der Waals surface area contributed by atoms with Crippen molar-refractivity contribution in [3.05, 3.63) is 66.4 Å². The Balaban J connectivity index is 2.05. The number of benzene rings is 2. The molecule has 0 amide bonds. The molecule has 0 unspecified atom stereocenters. The predicted molar refractivity (Wildman–Crippen MR) is 94.7 cm³/mol. The standard InChI is InChI=1S/C20H20N2O2/c1-20(2,3)19(23)15(13-21)14-22-16-9-11-18(12-10-16)24-17-7-5-4-6-8-17/h4-12,14,22H,1-3H3. The Morgan fingerprint density at radius 1 is 1.04 bits per heavy atom. The second-order valence-corrected chi connectivity index (χ2v) is 6.33. The third-order valence-corrected chi connectivity index (χ3v) is 3.26. The summed E-state index contributed by atoms with van der Waals surface area (Å²) in [5.41, 5.74) is 0.286. The van der Waals surface area contributed by atoms with Crippen molar-refractivity contribution in [3.63, 3.8) is 0 Å². The van der Waals surface area contributed by atoms with Crippen molar-refractivity contribution < 1.29 is 9.53 Å². The van der Waals surface area contributed by atoms with Crippen LogP contribution in [0.1, 0.15) is 20.8 Å². The van der Waals surface area contributed by atoms with Gasteiger partial charge in [-0.05, 0) is 36.4 Å². The molecular formula is C20H20N2O2. The molecule has 1 N–H and O–H groups in total. The Morgan fingerprint density at radius 3 is 2.17 bits per heavy atom. The monoisotopic (exact) mass is 320 g/mol. The first kappa shape index (κ1) is 17.3. The molecule has 2 aromatic rings. The van der Waals surface area contributed by atoms with E-state index < -0.39 is 5.41 Å². The van der Waals surface area contributed by atoms with Gasteiger partial charge in [0.2, 0.25) is 0 Å². The lowest BCUT2D eigenvalue weighted by Gasteiger charge is -2.15. The number of nitrogens with one attached hydrogen (secondary N) is 1. The highest BCUT2D eigenvalue weighted by Crippen LogP contribution is 2.23. The minimum absolute atomic E-state index is 0.104. The third-order valence-electron chi connectivity index (χ3n) is 3.26. The molecule has 0 aromatic heterocycles. The van der Waals surface area contributed by atoms with Gasteiger partial charge in [0.25, 0.3) is 0 Å². The van der Waals surface area contributed by atoms with Crippen LogP contribution < -0.4 is 10.1 Å². The van der Waals surface area contributed by atoms with E-state index in [9.17, 15) is 4.79 Å². The van der Waals surface area contributed by atoms with E-state index >= 15 is 0 Å². The molecule has 0 atom stereocenters. The Hall–Kier alpha value is -3.06. The maximum atomic E-state index is 12.1. The molecule has 0 radical (unpaired) electrons. The Kier molecular flexibility index (Phi) is 5.39. The number of carbonyl (C=O) groups is 1. The van der Waals surface area contributed by atoms with Gasteiger partial charge < -0.3 is 10.1 Å². The average molecular weight is 320 g/mol. The van der Waals surface area contributed by atoms with Crippen LogP contribution in [0.5, 0.6) is 11.5 Å². The van der Waals surface area contributed by atoms with Crippen molar-refractivity contribution in [1.29, 1.82) is 5.26 Å². The number of rotatable bonds is 5. The molecule has 2 rings (SSSR count). The summed E-state index contributed by atoms with van der Waals surface area (Å²) in [7, 11) is 0. The highest BCUT2D eigenvalue weighted by molar-refractivity contribution is 6.02. The molecule has 24 heavy (non-hydrogen) atoms. The molecule has 0 saturated heterocycles. The summed E-state index contributed by atoms with van der Waals surface area (Å²) in [6.45, 7) is 5.36. The Morgan fingerprint density at radius 2 is 1.62 bits per heavy atom. The fourth-order valence-corrected chi connectivity index (χ4v) is 1.95. The van der Waals surface area contributed by atoms with E-state index in [0.717, 1.165) is 11.4 Å². The summed E-state index contributed by atoms with van der Waals surface area (Å²) < 4.78 is 5.71. The zero-order valence-corrected chi connectivity index (χ0v) is 14.0. The van der Waals surface area contributed by atoms with E-state index in [4.69, 9.17) is 10.00 Å². The van der Waals surface area contributed by atoms with Gasteiger partial charge in [0.1, 0.15) is 23.1 Å². The number of ketones is 1. The maximum Gasteiger partial charge on any atom is 0.180 e. The summed E-state index contributed by atoms with van der Waals surface area (Å²) >= 11 is 0. The molecule has 4 nitrogen and oxygen atoms in total. The lowest BCUT2D eigenvalue weighted by Crippen LogP contribution is -2.22. The van der Waals surface area contributed by atoms with Crippen LogP contribution in [0.15, 0.2) is 66.4 Å². The van der Waals surface area contributed by atoms with Crippen LogP contribution in [-0.2, 0) is 4.79 Å². The van der Waals surface area contributed by atoms with E-state index in [1.165, 1.54) is 6.20 Å². The first-order chi connectivity index (χ1) is 11.4. The minimum atomic E-state index is -0.587. The van der Waals surface area contributed by atoms with Gasteiger partial charge in [-0.15, -0.1) is 0 Å². The van der Waals surface area contributed by atoms with Crippen LogP contribution in [0.4, 0.5) is 5.69 Å². The summed E-state index contributed by atoms with van der Waals surface area (Å²) in [5.74, 6) is 1.28. The number of nitriles is 1. The van der Waals surface area contributed by atoms with Crippen LogP contribution in [0, 0.1) is 16.7 Å². The van der Waals surface area contributed by atoms with Crippen LogP contribution in [-0.4, -0.2) is 5.78 Å². The second-order valence-electron chi connectivity index (χ2n) is 6.33. The van der Waals surface area contributed by atoms with Gasteiger partial charge in [0.15, 0.2) is 5.78 Å². The lowest BCUT2D eigenvalue weighted by molar-refractivity contribution is -0.122. The molecule has 0 heterocycles. The van der Waals surface area contributed by atoms with E-state index in [1.54, 1.807) is 20.8 Å². The molecule has 0 bridgehead atoms. The molecule has 0 fully saturated rings. The number of para-hydroxylation sites is 1. The minimum Gasteiger partial charge on any atom is -0.457 e. The number of Topliss-reactive ketones (excluding diaryl/α,β-unsaturated/α-hetero) is 1. The van der Waals surface area contributed by atoms with Crippen LogP contribution in [0.2, 0.25) is 0 Å². The highest BCUT2D eigenvalue weighted by atomic mass is 16.5. The first-order valence-electron chi connectivity index (χ1n) is 7.65. The Labute approximate surface area is 142 Å². The fourth-order valence-electron chi connectivity index (χ4n) is 1.95. The van der Waals surface area contributed by atoms with Gasteiger partial charge in [0.05, 0.1) is 0 Å².